The van der Waals surface area contributed by atoms with Gasteiger partial charge in [-0.25, -0.2) is 0 Å². The van der Waals surface area contributed by atoms with Gasteiger partial charge >= 0.3 is 0 Å². The summed E-state index contributed by atoms with van der Waals surface area (Å²) in [4.78, 5) is 0. The fourth-order valence-electron chi connectivity index (χ4n) is 1.59. The first-order chi connectivity index (χ1) is 8.15. The molecule has 2 aromatic carbocycles. The van der Waals surface area contributed by atoms with Crippen molar-refractivity contribution >= 4 is 5.69 Å². The summed E-state index contributed by atoms with van der Waals surface area (Å²) in [6.45, 7) is 5.53. The molecule has 2 nitrogen and oxygen atoms in total. The van der Waals surface area contributed by atoms with E-state index in [-0.39, 0.29) is 0 Å². The molecule has 0 heterocycles. The molecule has 0 unspecified atom stereocenters. The fraction of sp³-hybridized carbons (Fsp3) is 0.0667. The number of ether oxygens (including phenoxy) is 1. The third-order valence-corrected chi connectivity index (χ3v) is 2.39. The van der Waals surface area contributed by atoms with E-state index >= 15 is 0 Å². The molecule has 0 radical (unpaired) electrons. The van der Waals surface area contributed by atoms with Crippen molar-refractivity contribution < 1.29 is 4.74 Å². The monoisotopic (exact) mass is 225 g/mol. The number of allylic oxidation sites excluding steroid dienone is 1. The zero-order valence-electron chi connectivity index (χ0n) is 9.81. The van der Waals surface area contributed by atoms with E-state index < -0.39 is 0 Å². The first kappa shape index (κ1) is 11.3. The topological polar surface area (TPSA) is 35.2 Å². The van der Waals surface area contributed by atoms with E-state index in [0.717, 1.165) is 22.6 Å². The molecule has 0 saturated heterocycles. The van der Waals surface area contributed by atoms with Gasteiger partial charge in [0.1, 0.15) is 5.75 Å². The summed E-state index contributed by atoms with van der Waals surface area (Å²) in [5.41, 5.74) is 8.71. The van der Waals surface area contributed by atoms with Crippen molar-refractivity contribution in [3.05, 3.63) is 60.9 Å². The summed E-state index contributed by atoms with van der Waals surface area (Å²) in [7, 11) is 0. The van der Waals surface area contributed by atoms with Crippen LogP contribution in [0.3, 0.4) is 0 Å². The van der Waals surface area contributed by atoms with Gasteiger partial charge in [0, 0.05) is 5.69 Å². The van der Waals surface area contributed by atoms with Gasteiger partial charge in [-0.05, 0) is 42.3 Å². The van der Waals surface area contributed by atoms with Gasteiger partial charge in [-0.2, -0.15) is 0 Å². The average Bonchev–Trinajstić information content (AvgIpc) is 2.30. The van der Waals surface area contributed by atoms with E-state index in [1.54, 1.807) is 0 Å². The average molecular weight is 225 g/mol. The maximum absolute atomic E-state index is 5.65. The normalized spacial score (nSPS) is 9.94. The van der Waals surface area contributed by atoms with Crippen LogP contribution in [0.15, 0.2) is 60.9 Å². The molecule has 0 fully saturated rings. The minimum Gasteiger partial charge on any atom is -0.463 e. The molecule has 2 aromatic rings. The van der Waals surface area contributed by atoms with Crippen LogP contribution in [0.4, 0.5) is 5.69 Å². The Morgan fingerprint density at radius 1 is 0.941 bits per heavy atom. The van der Waals surface area contributed by atoms with Crippen molar-refractivity contribution in [1.82, 2.24) is 0 Å². The van der Waals surface area contributed by atoms with Crippen LogP contribution in [-0.2, 0) is 0 Å². The van der Waals surface area contributed by atoms with Crippen LogP contribution in [0.5, 0.6) is 5.75 Å². The van der Waals surface area contributed by atoms with Gasteiger partial charge in [0.15, 0.2) is 0 Å². The van der Waals surface area contributed by atoms with Gasteiger partial charge in [0.25, 0.3) is 0 Å². The van der Waals surface area contributed by atoms with Gasteiger partial charge < -0.3 is 10.5 Å². The largest absolute Gasteiger partial charge is 0.463 e. The fourth-order valence-corrected chi connectivity index (χ4v) is 1.59. The van der Waals surface area contributed by atoms with Crippen molar-refractivity contribution in [3.63, 3.8) is 0 Å². The molecule has 0 saturated carbocycles. The molecule has 0 atom stereocenters. The molecule has 0 aliphatic heterocycles. The van der Waals surface area contributed by atoms with Gasteiger partial charge in [0.05, 0.1) is 5.76 Å². The lowest BCUT2D eigenvalue weighted by Crippen LogP contribution is -1.88. The van der Waals surface area contributed by atoms with E-state index in [1.807, 2.05) is 55.5 Å². The van der Waals surface area contributed by atoms with Crippen molar-refractivity contribution in [3.8, 4) is 16.9 Å². The Hall–Kier alpha value is -2.22. The van der Waals surface area contributed by atoms with Crippen LogP contribution < -0.4 is 10.5 Å². The highest BCUT2D eigenvalue weighted by atomic mass is 16.5. The quantitative estimate of drug-likeness (QED) is 0.636. The SMILES string of the molecule is C=C(C)Oc1ccc(-c2ccc(N)cc2)cc1. The Kier molecular flexibility index (Phi) is 3.15. The molecule has 0 aliphatic carbocycles. The number of rotatable bonds is 3. The molecule has 0 amide bonds. The van der Waals surface area contributed by atoms with Crippen LogP contribution >= 0.6 is 0 Å². The lowest BCUT2D eigenvalue weighted by atomic mass is 10.1. The lowest BCUT2D eigenvalue weighted by molar-refractivity contribution is 0.430. The zero-order chi connectivity index (χ0) is 12.3. The second-order valence-corrected chi connectivity index (χ2v) is 3.95. The van der Waals surface area contributed by atoms with E-state index in [0.29, 0.717) is 5.76 Å². The molecule has 2 N–H and O–H groups in total. The van der Waals surface area contributed by atoms with Gasteiger partial charge in [-0.1, -0.05) is 30.8 Å². The summed E-state index contributed by atoms with van der Waals surface area (Å²) < 4.78 is 5.41. The number of hydrogen-bond donors (Lipinski definition) is 1. The second-order valence-electron chi connectivity index (χ2n) is 3.95. The van der Waals surface area contributed by atoms with Crippen LogP contribution in [0.2, 0.25) is 0 Å². The van der Waals surface area contributed by atoms with E-state index in [2.05, 4.69) is 6.58 Å². The summed E-state index contributed by atoms with van der Waals surface area (Å²) in [5, 5.41) is 0. The lowest BCUT2D eigenvalue weighted by Gasteiger charge is -2.06. The van der Waals surface area contributed by atoms with Crippen LogP contribution in [0.25, 0.3) is 11.1 Å². The number of hydrogen-bond acceptors (Lipinski definition) is 2. The smallest absolute Gasteiger partial charge is 0.126 e. The van der Waals surface area contributed by atoms with Crippen molar-refractivity contribution in [2.24, 2.45) is 0 Å². The molecule has 17 heavy (non-hydrogen) atoms. The Morgan fingerprint density at radius 2 is 1.41 bits per heavy atom. The molecule has 0 aromatic heterocycles. The molecular formula is C15H15NO. The molecule has 0 bridgehead atoms. The van der Waals surface area contributed by atoms with Gasteiger partial charge in [-0.3, -0.25) is 0 Å². The Balaban J connectivity index is 2.23. The van der Waals surface area contributed by atoms with Crippen LogP contribution in [0, 0.1) is 0 Å². The third-order valence-electron chi connectivity index (χ3n) is 2.39. The zero-order valence-corrected chi connectivity index (χ0v) is 9.81. The van der Waals surface area contributed by atoms with E-state index in [1.165, 1.54) is 0 Å². The minimum absolute atomic E-state index is 0.685. The standard InChI is InChI=1S/C15H15NO/c1-11(2)17-15-9-5-13(6-10-15)12-3-7-14(16)8-4-12/h3-10H,1,16H2,2H3. The van der Waals surface area contributed by atoms with Crippen LogP contribution in [-0.4, -0.2) is 0 Å². The number of benzene rings is 2. The first-order valence-electron chi connectivity index (χ1n) is 5.44. The van der Waals surface area contributed by atoms with Gasteiger partial charge in [0.2, 0.25) is 0 Å². The van der Waals surface area contributed by atoms with Crippen molar-refractivity contribution in [2.45, 2.75) is 6.92 Å². The maximum atomic E-state index is 5.65. The summed E-state index contributed by atoms with van der Waals surface area (Å²) in [6.07, 6.45) is 0. The van der Waals surface area contributed by atoms with Gasteiger partial charge in [-0.15, -0.1) is 0 Å². The number of nitrogens with two attached hydrogens (primary N) is 1. The molecule has 2 rings (SSSR count). The van der Waals surface area contributed by atoms with Crippen molar-refractivity contribution in [2.75, 3.05) is 5.73 Å². The third kappa shape index (κ3) is 2.88. The van der Waals surface area contributed by atoms with Crippen molar-refractivity contribution in [1.29, 1.82) is 0 Å². The molecule has 0 spiro atoms. The molecular weight excluding hydrogens is 210 g/mol. The molecule has 86 valence electrons. The Labute approximate surface area is 101 Å². The van der Waals surface area contributed by atoms with Crippen LogP contribution in [0.1, 0.15) is 6.92 Å². The highest BCUT2D eigenvalue weighted by Gasteiger charge is 1.98. The van der Waals surface area contributed by atoms with E-state index in [4.69, 9.17) is 10.5 Å². The number of nitrogen functional groups attached to an aromatic ring is 1. The predicted octanol–water partition coefficient (Wildman–Crippen LogP) is 3.85. The Bertz CT molecular complexity index is 512. The highest BCUT2D eigenvalue weighted by molar-refractivity contribution is 5.66. The summed E-state index contributed by atoms with van der Waals surface area (Å²) >= 11 is 0. The number of anilines is 1. The highest BCUT2D eigenvalue weighted by Crippen LogP contribution is 2.23. The predicted molar refractivity (Wildman–Crippen MR) is 71.7 cm³/mol. The Morgan fingerprint density at radius 3 is 1.88 bits per heavy atom. The summed E-state index contributed by atoms with van der Waals surface area (Å²) in [6, 6.07) is 15.7. The minimum atomic E-state index is 0.685. The summed E-state index contributed by atoms with van der Waals surface area (Å²) in [5.74, 6) is 1.49. The second kappa shape index (κ2) is 4.74. The first-order valence-corrected chi connectivity index (χ1v) is 5.44. The molecule has 0 aliphatic rings. The molecule has 2 heteroatoms. The maximum Gasteiger partial charge on any atom is 0.126 e. The van der Waals surface area contributed by atoms with E-state index in [9.17, 15) is 0 Å².